The molecular weight excluding hydrogens is 280 g/mol. The molecule has 0 saturated carbocycles. The van der Waals surface area contributed by atoms with Crippen molar-refractivity contribution in [2.24, 2.45) is 0 Å². The summed E-state index contributed by atoms with van der Waals surface area (Å²) in [5.41, 5.74) is 0.520. The van der Waals surface area contributed by atoms with Gasteiger partial charge in [-0.3, -0.25) is 4.79 Å². The van der Waals surface area contributed by atoms with Gasteiger partial charge in [0.05, 0.1) is 17.7 Å². The van der Waals surface area contributed by atoms with E-state index in [9.17, 15) is 4.79 Å². The highest BCUT2D eigenvalue weighted by atomic mass is 16.5. The summed E-state index contributed by atoms with van der Waals surface area (Å²) in [7, 11) is 0. The zero-order chi connectivity index (χ0) is 15.9. The van der Waals surface area contributed by atoms with Crippen LogP contribution in [0.3, 0.4) is 0 Å². The van der Waals surface area contributed by atoms with Crippen LogP contribution in [0, 0.1) is 11.3 Å². The summed E-state index contributed by atoms with van der Waals surface area (Å²) in [6.07, 6.45) is 1.50. The number of benzene rings is 1. The van der Waals surface area contributed by atoms with E-state index in [4.69, 9.17) is 14.7 Å². The smallest absolute Gasteiger partial charge is 0.263 e. The van der Waals surface area contributed by atoms with Gasteiger partial charge in [-0.25, -0.2) is 0 Å². The van der Waals surface area contributed by atoms with Crippen LogP contribution >= 0.6 is 0 Å². The van der Waals surface area contributed by atoms with Crippen molar-refractivity contribution in [3.05, 3.63) is 29.8 Å². The standard InChI is InChI=1S/C17H22N2O3/c1-3-21-16-8-5-9-19(12-16)17(20)13(2)22-15-7-4-6-14(10-15)11-18/h4,6-7,10,13,16H,3,5,8-9,12H2,1-2H3/t13-,16-/m0/s1. The minimum Gasteiger partial charge on any atom is -0.481 e. The maximum atomic E-state index is 12.5. The Kier molecular flexibility index (Phi) is 5.79. The molecule has 0 bridgehead atoms. The average Bonchev–Trinajstić information content (AvgIpc) is 2.55. The molecule has 5 heteroatoms. The van der Waals surface area contributed by atoms with E-state index in [2.05, 4.69) is 6.07 Å². The van der Waals surface area contributed by atoms with Gasteiger partial charge in [0.15, 0.2) is 6.10 Å². The van der Waals surface area contributed by atoms with E-state index in [-0.39, 0.29) is 12.0 Å². The SMILES string of the molecule is CCO[C@H]1CCCN(C(=O)[C@H](C)Oc2cccc(C#N)c2)C1. The minimum absolute atomic E-state index is 0.0354. The molecule has 0 spiro atoms. The van der Waals surface area contributed by atoms with Gasteiger partial charge in [-0.1, -0.05) is 6.07 Å². The first-order valence-electron chi connectivity index (χ1n) is 7.71. The molecule has 0 N–H and O–H groups in total. The monoisotopic (exact) mass is 302 g/mol. The lowest BCUT2D eigenvalue weighted by Crippen LogP contribution is -2.48. The molecule has 1 saturated heterocycles. The van der Waals surface area contributed by atoms with Crippen LogP contribution in [0.4, 0.5) is 0 Å². The van der Waals surface area contributed by atoms with Gasteiger partial charge >= 0.3 is 0 Å². The summed E-state index contributed by atoms with van der Waals surface area (Å²) in [6, 6.07) is 8.91. The van der Waals surface area contributed by atoms with Crippen molar-refractivity contribution >= 4 is 5.91 Å². The molecule has 22 heavy (non-hydrogen) atoms. The number of carbonyl (C=O) groups excluding carboxylic acids is 1. The van der Waals surface area contributed by atoms with Gasteiger partial charge in [0, 0.05) is 19.7 Å². The molecule has 1 aliphatic rings. The molecular formula is C17H22N2O3. The summed E-state index contributed by atoms with van der Waals surface area (Å²) in [5, 5.41) is 8.89. The largest absolute Gasteiger partial charge is 0.481 e. The van der Waals surface area contributed by atoms with Crippen molar-refractivity contribution < 1.29 is 14.3 Å². The molecule has 0 aliphatic carbocycles. The van der Waals surface area contributed by atoms with Gasteiger partial charge in [0.25, 0.3) is 5.91 Å². The van der Waals surface area contributed by atoms with Crippen molar-refractivity contribution in [3.63, 3.8) is 0 Å². The zero-order valence-corrected chi connectivity index (χ0v) is 13.1. The summed E-state index contributed by atoms with van der Waals surface area (Å²) < 4.78 is 11.3. The topological polar surface area (TPSA) is 62.6 Å². The lowest BCUT2D eigenvalue weighted by atomic mass is 10.1. The average molecular weight is 302 g/mol. The number of hydrogen-bond donors (Lipinski definition) is 0. The first-order valence-corrected chi connectivity index (χ1v) is 7.71. The number of carbonyl (C=O) groups is 1. The Labute approximate surface area is 131 Å². The Bertz CT molecular complexity index is 551. The lowest BCUT2D eigenvalue weighted by molar-refractivity contribution is -0.142. The van der Waals surface area contributed by atoms with Crippen LogP contribution in [0.25, 0.3) is 0 Å². The highest BCUT2D eigenvalue weighted by Gasteiger charge is 2.28. The van der Waals surface area contributed by atoms with E-state index in [1.54, 1.807) is 31.2 Å². The van der Waals surface area contributed by atoms with E-state index >= 15 is 0 Å². The van der Waals surface area contributed by atoms with Gasteiger partial charge in [-0.2, -0.15) is 5.26 Å². The maximum Gasteiger partial charge on any atom is 0.263 e. The highest BCUT2D eigenvalue weighted by molar-refractivity contribution is 5.81. The lowest BCUT2D eigenvalue weighted by Gasteiger charge is -2.34. The Balaban J connectivity index is 1.95. The second-order valence-electron chi connectivity index (χ2n) is 5.40. The highest BCUT2D eigenvalue weighted by Crippen LogP contribution is 2.18. The molecule has 0 aromatic heterocycles. The van der Waals surface area contributed by atoms with Gasteiger partial charge < -0.3 is 14.4 Å². The molecule has 1 aliphatic heterocycles. The number of amides is 1. The molecule has 1 heterocycles. The number of nitrogens with zero attached hydrogens (tertiary/aromatic N) is 2. The summed E-state index contributed by atoms with van der Waals surface area (Å²) in [5.74, 6) is 0.505. The van der Waals surface area contributed by atoms with Crippen LogP contribution in [-0.2, 0) is 9.53 Å². The van der Waals surface area contributed by atoms with Crippen molar-refractivity contribution in [2.75, 3.05) is 19.7 Å². The second-order valence-corrected chi connectivity index (χ2v) is 5.40. The van der Waals surface area contributed by atoms with Crippen LogP contribution in [0.2, 0.25) is 0 Å². The van der Waals surface area contributed by atoms with Gasteiger partial charge in [-0.15, -0.1) is 0 Å². The van der Waals surface area contributed by atoms with Gasteiger partial charge in [0.2, 0.25) is 0 Å². The molecule has 5 nitrogen and oxygen atoms in total. The van der Waals surface area contributed by atoms with Crippen LogP contribution in [0.5, 0.6) is 5.75 Å². The number of rotatable bonds is 5. The second kappa shape index (κ2) is 7.81. The van der Waals surface area contributed by atoms with Crippen LogP contribution in [-0.4, -0.2) is 42.7 Å². The number of nitriles is 1. The van der Waals surface area contributed by atoms with Crippen molar-refractivity contribution in [3.8, 4) is 11.8 Å². The fourth-order valence-electron chi connectivity index (χ4n) is 2.66. The van der Waals surface area contributed by atoms with Crippen LogP contribution < -0.4 is 4.74 Å². The van der Waals surface area contributed by atoms with Crippen molar-refractivity contribution in [1.29, 1.82) is 5.26 Å². The van der Waals surface area contributed by atoms with E-state index in [0.717, 1.165) is 19.4 Å². The summed E-state index contributed by atoms with van der Waals surface area (Å²) >= 11 is 0. The molecule has 2 atom stereocenters. The fraction of sp³-hybridized carbons (Fsp3) is 0.529. The molecule has 118 valence electrons. The molecule has 0 unspecified atom stereocenters. The summed E-state index contributed by atoms with van der Waals surface area (Å²) in [4.78, 5) is 14.3. The number of piperidine rings is 1. The Morgan fingerprint density at radius 3 is 3.09 bits per heavy atom. The Hall–Kier alpha value is -2.06. The number of hydrogen-bond acceptors (Lipinski definition) is 4. The van der Waals surface area contributed by atoms with E-state index < -0.39 is 6.10 Å². The fourth-order valence-corrected chi connectivity index (χ4v) is 2.66. The minimum atomic E-state index is -0.575. The van der Waals surface area contributed by atoms with E-state index in [0.29, 0.717) is 24.5 Å². The third kappa shape index (κ3) is 4.22. The maximum absolute atomic E-state index is 12.5. The Morgan fingerprint density at radius 2 is 2.36 bits per heavy atom. The third-order valence-electron chi connectivity index (χ3n) is 3.72. The van der Waals surface area contributed by atoms with Crippen molar-refractivity contribution in [1.82, 2.24) is 4.90 Å². The molecule has 1 amide bonds. The predicted molar refractivity (Wildman–Crippen MR) is 82.5 cm³/mol. The zero-order valence-electron chi connectivity index (χ0n) is 13.1. The quantitative estimate of drug-likeness (QED) is 0.837. The molecule has 2 rings (SSSR count). The Morgan fingerprint density at radius 1 is 1.55 bits per heavy atom. The van der Waals surface area contributed by atoms with E-state index in [1.165, 1.54) is 0 Å². The predicted octanol–water partition coefficient (Wildman–Crippen LogP) is 2.35. The molecule has 1 fully saturated rings. The van der Waals surface area contributed by atoms with E-state index in [1.807, 2.05) is 11.8 Å². The summed E-state index contributed by atoms with van der Waals surface area (Å²) in [6.45, 7) is 5.74. The normalized spacial score (nSPS) is 19.3. The third-order valence-corrected chi connectivity index (χ3v) is 3.72. The molecule has 1 aromatic rings. The van der Waals surface area contributed by atoms with Crippen LogP contribution in [0.1, 0.15) is 32.3 Å². The van der Waals surface area contributed by atoms with Gasteiger partial charge in [-0.05, 0) is 44.9 Å². The molecule has 0 radical (unpaired) electrons. The first kappa shape index (κ1) is 16.3. The number of ether oxygens (including phenoxy) is 2. The first-order chi connectivity index (χ1) is 10.6. The number of likely N-dealkylation sites (tertiary alicyclic amines) is 1. The molecule has 1 aromatic carbocycles. The van der Waals surface area contributed by atoms with Gasteiger partial charge in [0.1, 0.15) is 5.75 Å². The van der Waals surface area contributed by atoms with Crippen molar-refractivity contribution in [2.45, 2.75) is 38.9 Å². The van der Waals surface area contributed by atoms with Crippen LogP contribution in [0.15, 0.2) is 24.3 Å².